The lowest BCUT2D eigenvalue weighted by Crippen LogP contribution is -2.63. The Morgan fingerprint density at radius 3 is 1.51 bits per heavy atom. The Labute approximate surface area is 353 Å². The third-order valence-electron chi connectivity index (χ3n) is 8.62. The molecule has 0 amide bonds. The fourth-order valence-corrected chi connectivity index (χ4v) is 9.11. The lowest BCUT2D eigenvalue weighted by Gasteiger charge is -2.34. The van der Waals surface area contributed by atoms with Gasteiger partial charge < -0.3 is 14.0 Å². The standard InChI is InChI=1S/C40H35O2S2.C4HF9O3S/c1-3-41-38-28-35(24-26-37(38)32-16-10-6-11-17-32)44(34-18-12-7-13-19-34)36-25-27-40(39(29-36)42-4-2)43-33-22-20-31(21-23-33)30-14-8-5-9-15-30;5-1(6,3(9,10)11)2(7,8)4(12,13)17(14,15)16/h5-29H,3-4H2,1-2H3;(H,14,15,16)/q+1;/p-1. The third kappa shape index (κ3) is 10.5. The van der Waals surface area contributed by atoms with Crippen LogP contribution in [0.5, 0.6) is 11.5 Å². The van der Waals surface area contributed by atoms with E-state index in [1.54, 1.807) is 11.8 Å². The average Bonchev–Trinajstić information content (AvgIpc) is 3.23. The molecule has 6 aromatic rings. The third-order valence-corrected chi connectivity index (χ3v) is 12.8. The molecule has 0 radical (unpaired) electrons. The highest BCUT2D eigenvalue weighted by Crippen LogP contribution is 2.54. The minimum atomic E-state index is -7.43. The van der Waals surface area contributed by atoms with Crippen molar-refractivity contribution in [2.75, 3.05) is 13.2 Å². The van der Waals surface area contributed by atoms with Crippen molar-refractivity contribution in [3.05, 3.63) is 152 Å². The Kier molecular flexibility index (Phi) is 14.9. The van der Waals surface area contributed by atoms with Crippen LogP contribution in [0.15, 0.2) is 176 Å². The summed E-state index contributed by atoms with van der Waals surface area (Å²) in [5.41, 5.74) is 4.69. The van der Waals surface area contributed by atoms with Gasteiger partial charge in [-0.25, -0.2) is 8.42 Å². The summed E-state index contributed by atoms with van der Waals surface area (Å²) in [7, 11) is -7.77. The largest absolute Gasteiger partial charge is 0.743 e. The highest BCUT2D eigenvalue weighted by Gasteiger charge is 2.83. The molecule has 1 unspecified atom stereocenters. The fraction of sp³-hybridized carbons (Fsp3) is 0.182. The number of hydrogen-bond donors (Lipinski definition) is 0. The second-order valence-corrected chi connectivity index (χ2v) is 17.3. The van der Waals surface area contributed by atoms with Crippen molar-refractivity contribution < 1.29 is 62.0 Å². The van der Waals surface area contributed by atoms with E-state index in [9.17, 15) is 52.5 Å². The molecular weight excluding hydrogens is 876 g/mol. The Bertz CT molecular complexity index is 2470. The number of hydrogen-bond acceptors (Lipinski definition) is 6. The Hall–Kier alpha value is -5.10. The monoisotopic (exact) mass is 910 g/mol. The van der Waals surface area contributed by atoms with E-state index < -0.39 is 33.4 Å². The molecule has 0 aliphatic heterocycles. The normalized spacial score (nSPS) is 12.9. The highest BCUT2D eigenvalue weighted by atomic mass is 32.2. The van der Waals surface area contributed by atoms with Crippen molar-refractivity contribution in [3.8, 4) is 33.8 Å². The van der Waals surface area contributed by atoms with Crippen molar-refractivity contribution in [3.63, 3.8) is 0 Å². The van der Waals surface area contributed by atoms with Gasteiger partial charge in [-0.3, -0.25) is 0 Å². The minimum Gasteiger partial charge on any atom is -0.743 e. The summed E-state index contributed by atoms with van der Waals surface area (Å²) in [6, 6.07) is 53.8. The molecule has 6 rings (SSSR count). The summed E-state index contributed by atoms with van der Waals surface area (Å²) < 4.78 is 148. The van der Waals surface area contributed by atoms with Crippen LogP contribution >= 0.6 is 11.8 Å². The molecule has 61 heavy (non-hydrogen) atoms. The molecule has 0 fully saturated rings. The van der Waals surface area contributed by atoms with E-state index in [2.05, 4.69) is 140 Å². The average molecular weight is 911 g/mol. The number of halogens is 9. The van der Waals surface area contributed by atoms with Gasteiger partial charge >= 0.3 is 23.3 Å². The maximum absolute atomic E-state index is 12.2. The summed E-state index contributed by atoms with van der Waals surface area (Å²) in [4.78, 5) is 5.95. The molecule has 0 aromatic heterocycles. The predicted molar refractivity (Wildman–Crippen MR) is 216 cm³/mol. The van der Waals surface area contributed by atoms with Crippen LogP contribution < -0.4 is 9.47 Å². The van der Waals surface area contributed by atoms with E-state index in [0.717, 1.165) is 27.5 Å². The molecule has 0 aliphatic carbocycles. The van der Waals surface area contributed by atoms with E-state index >= 15 is 0 Å². The molecule has 0 heterocycles. The Morgan fingerprint density at radius 2 is 1.00 bits per heavy atom. The van der Waals surface area contributed by atoms with Crippen LogP contribution in [0.1, 0.15) is 13.8 Å². The maximum Gasteiger partial charge on any atom is 0.460 e. The number of benzene rings is 6. The van der Waals surface area contributed by atoms with Gasteiger partial charge in [-0.2, -0.15) is 39.5 Å². The van der Waals surface area contributed by atoms with Gasteiger partial charge in [-0.15, -0.1) is 0 Å². The Balaban J connectivity index is 0.000000352. The number of rotatable bonds is 14. The summed E-state index contributed by atoms with van der Waals surface area (Å²) in [6.45, 7) is 5.29. The first-order valence-electron chi connectivity index (χ1n) is 18.1. The topological polar surface area (TPSA) is 75.7 Å². The van der Waals surface area contributed by atoms with Crippen LogP contribution in [0, 0.1) is 0 Å². The molecule has 0 saturated carbocycles. The van der Waals surface area contributed by atoms with Gasteiger partial charge in [-0.1, -0.05) is 103 Å². The van der Waals surface area contributed by atoms with Crippen LogP contribution in [0.3, 0.4) is 0 Å². The van der Waals surface area contributed by atoms with Crippen molar-refractivity contribution in [2.24, 2.45) is 0 Å². The maximum atomic E-state index is 12.2. The minimum absolute atomic E-state index is 0.355. The number of alkyl halides is 9. The first-order chi connectivity index (χ1) is 28.7. The Morgan fingerprint density at radius 1 is 0.541 bits per heavy atom. The smallest absolute Gasteiger partial charge is 0.460 e. The highest BCUT2D eigenvalue weighted by molar-refractivity contribution is 7.99. The van der Waals surface area contributed by atoms with Crippen LogP contribution in [0.4, 0.5) is 39.5 Å². The molecule has 17 heteroatoms. The van der Waals surface area contributed by atoms with E-state index in [1.165, 1.54) is 30.7 Å². The molecule has 0 N–H and O–H groups in total. The molecule has 0 aliphatic rings. The van der Waals surface area contributed by atoms with E-state index in [-0.39, 0.29) is 10.9 Å². The van der Waals surface area contributed by atoms with Gasteiger partial charge in [0.15, 0.2) is 24.8 Å². The first-order valence-corrected chi connectivity index (χ1v) is 21.6. The molecular formula is C44H35F9O5S3. The zero-order chi connectivity index (χ0) is 44.6. The van der Waals surface area contributed by atoms with E-state index in [1.807, 2.05) is 26.0 Å². The molecule has 0 bridgehead atoms. The van der Waals surface area contributed by atoms with Gasteiger partial charge in [0, 0.05) is 22.6 Å². The van der Waals surface area contributed by atoms with Crippen molar-refractivity contribution in [1.82, 2.24) is 0 Å². The molecule has 0 saturated heterocycles. The van der Waals surface area contributed by atoms with Crippen LogP contribution in [0.2, 0.25) is 0 Å². The second kappa shape index (κ2) is 19.3. The first kappa shape index (κ1) is 47.0. The molecule has 0 spiro atoms. The molecule has 322 valence electrons. The fourth-order valence-electron chi connectivity index (χ4n) is 5.68. The zero-order valence-corrected chi connectivity index (χ0v) is 34.5. The zero-order valence-electron chi connectivity index (χ0n) is 32.0. The van der Waals surface area contributed by atoms with Gasteiger partial charge in [0.1, 0.15) is 11.5 Å². The molecule has 1 atom stereocenters. The molecule has 5 nitrogen and oxygen atoms in total. The van der Waals surface area contributed by atoms with E-state index in [0.29, 0.717) is 13.2 Å². The van der Waals surface area contributed by atoms with Crippen molar-refractivity contribution >= 4 is 32.8 Å². The lowest BCUT2D eigenvalue weighted by molar-refractivity contribution is -0.382. The van der Waals surface area contributed by atoms with E-state index in [4.69, 9.17) is 9.47 Å². The number of ether oxygens (including phenoxy) is 2. The predicted octanol–water partition coefficient (Wildman–Crippen LogP) is 13.0. The second-order valence-electron chi connectivity index (χ2n) is 12.7. The van der Waals surface area contributed by atoms with Gasteiger partial charge in [0.2, 0.25) is 0 Å². The SMILES string of the molecule is CCOc1cc([S+](c2ccccc2)c2ccc(-c3ccccc3)c(OCC)c2)ccc1Sc1ccc(-c2ccccc2)cc1.O=S(=O)([O-])C(F)(F)C(F)(F)C(F)(F)C(F)(F)F. The summed E-state index contributed by atoms with van der Waals surface area (Å²) in [5.74, 6) is -13.0. The summed E-state index contributed by atoms with van der Waals surface area (Å²) in [6.07, 6.45) is -7.16. The molecule has 6 aromatic carbocycles. The van der Waals surface area contributed by atoms with Crippen LogP contribution in [0.25, 0.3) is 22.3 Å². The van der Waals surface area contributed by atoms with Crippen molar-refractivity contribution in [2.45, 2.75) is 61.6 Å². The summed E-state index contributed by atoms with van der Waals surface area (Å²) >= 11 is 1.74. The van der Waals surface area contributed by atoms with Crippen LogP contribution in [-0.2, 0) is 21.0 Å². The van der Waals surface area contributed by atoms with Gasteiger partial charge in [0.25, 0.3) is 0 Å². The van der Waals surface area contributed by atoms with Gasteiger partial charge in [0.05, 0.1) is 29.0 Å². The van der Waals surface area contributed by atoms with Crippen LogP contribution in [-0.4, -0.2) is 49.5 Å². The van der Waals surface area contributed by atoms with Gasteiger partial charge in [-0.05, 0) is 79.1 Å². The lowest BCUT2D eigenvalue weighted by atomic mass is 10.0. The summed E-state index contributed by atoms with van der Waals surface area (Å²) in [5, 5.41) is -7.11. The van der Waals surface area contributed by atoms with Crippen molar-refractivity contribution in [1.29, 1.82) is 0 Å². The quantitative estimate of drug-likeness (QED) is 0.0616.